The number of para-hydroxylation sites is 1. The highest BCUT2D eigenvalue weighted by atomic mass is 16.3. The van der Waals surface area contributed by atoms with Gasteiger partial charge in [0.1, 0.15) is 0 Å². The molecule has 89 heavy (non-hydrogen) atoms. The number of aliphatic hydroxyl groups excluding tert-OH is 1. The summed E-state index contributed by atoms with van der Waals surface area (Å²) in [4.78, 5) is 134. The van der Waals surface area contributed by atoms with Crippen molar-refractivity contribution < 1.29 is 57.8 Å². The molecule has 3 aromatic carbocycles. The Morgan fingerprint density at radius 3 is 1.37 bits per heavy atom. The summed E-state index contributed by atoms with van der Waals surface area (Å²) >= 11 is 0. The number of aliphatic hydroxyl groups is 1. The van der Waals surface area contributed by atoms with Gasteiger partial charge in [-0.05, 0) is 107 Å². The second kappa shape index (κ2) is 31.9. The molecule has 470 valence electrons. The Morgan fingerprint density at radius 1 is 0.506 bits per heavy atom. The van der Waals surface area contributed by atoms with E-state index in [1.54, 1.807) is 38.8 Å². The largest absolute Gasteiger partial charge is 0.494 e. The lowest BCUT2D eigenvalue weighted by Gasteiger charge is -2.30. The van der Waals surface area contributed by atoms with Gasteiger partial charge in [-0.15, -0.1) is 0 Å². The number of rotatable bonds is 4. The van der Waals surface area contributed by atoms with Crippen LogP contribution in [0.1, 0.15) is 122 Å². The van der Waals surface area contributed by atoms with E-state index in [4.69, 9.17) is 0 Å². The van der Waals surface area contributed by atoms with Crippen LogP contribution in [0.2, 0.25) is 0 Å². The summed E-state index contributed by atoms with van der Waals surface area (Å²) in [6.07, 6.45) is 16.8. The van der Waals surface area contributed by atoms with Gasteiger partial charge < -0.3 is 19.8 Å². The van der Waals surface area contributed by atoms with E-state index in [9.17, 15) is 57.8 Å². The van der Waals surface area contributed by atoms with Crippen LogP contribution in [-0.4, -0.2) is 153 Å². The van der Waals surface area contributed by atoms with Gasteiger partial charge in [0, 0.05) is 119 Å². The Morgan fingerprint density at radius 2 is 1.02 bits per heavy atom. The monoisotopic (exact) mass is 1220 g/mol. The van der Waals surface area contributed by atoms with Gasteiger partial charge in [0.2, 0.25) is 29.5 Å². The second-order valence-corrected chi connectivity index (χ2v) is 22.7. The zero-order valence-electron chi connectivity index (χ0n) is 52.4. The first-order valence-corrected chi connectivity index (χ1v) is 29.8. The first-order valence-electron chi connectivity index (χ1n) is 29.8. The number of piperidine rings is 1. The van der Waals surface area contributed by atoms with Crippen LogP contribution in [-0.2, 0) is 52.7 Å². The molecule has 2 bridgehead atoms. The third-order valence-electron chi connectivity index (χ3n) is 17.0. The molecule has 21 nitrogen and oxygen atoms in total. The number of imide groups is 5. The summed E-state index contributed by atoms with van der Waals surface area (Å²) in [6, 6.07) is 34.5. The van der Waals surface area contributed by atoms with Crippen LogP contribution in [0.15, 0.2) is 150 Å². The quantitative estimate of drug-likeness (QED) is 0.167. The fraction of sp³-hybridized carbons (Fsp3) is 0.382. The summed E-state index contributed by atoms with van der Waals surface area (Å²) in [7, 11) is 8.61. The summed E-state index contributed by atoms with van der Waals surface area (Å²) < 4.78 is 0. The molecule has 1 aromatic heterocycles. The predicted octanol–water partition coefficient (Wildman–Crippen LogP) is 7.49. The number of anilines is 1. The molecule has 9 aliphatic heterocycles. The molecule has 21 heteroatoms. The molecule has 5 saturated heterocycles. The average Bonchev–Trinajstić information content (AvgIpc) is 2.79. The molecular formula is C68H81N9O12. The number of likely N-dealkylation sites (N-methyl/N-ethyl adjacent to an activating group) is 2. The van der Waals surface area contributed by atoms with E-state index in [2.05, 4.69) is 27.6 Å². The van der Waals surface area contributed by atoms with Crippen molar-refractivity contribution >= 4 is 81.8 Å². The average molecular weight is 1220 g/mol. The van der Waals surface area contributed by atoms with Gasteiger partial charge >= 0.3 is 0 Å². The van der Waals surface area contributed by atoms with Gasteiger partial charge in [-0.3, -0.25) is 83.1 Å². The third-order valence-corrected chi connectivity index (χ3v) is 17.0. The fourth-order valence-corrected chi connectivity index (χ4v) is 10.9. The lowest BCUT2D eigenvalue weighted by atomic mass is 10.00. The Bertz CT molecular complexity index is 3350. The van der Waals surface area contributed by atoms with E-state index in [1.807, 2.05) is 128 Å². The number of hydrogen-bond acceptors (Lipinski definition) is 15. The molecule has 13 rings (SSSR count). The van der Waals surface area contributed by atoms with Crippen molar-refractivity contribution in [1.29, 1.82) is 0 Å². The van der Waals surface area contributed by atoms with Crippen LogP contribution in [0.5, 0.6) is 0 Å². The van der Waals surface area contributed by atoms with Crippen molar-refractivity contribution in [3.05, 3.63) is 167 Å². The van der Waals surface area contributed by atoms with Crippen molar-refractivity contribution in [2.45, 2.75) is 117 Å². The molecule has 0 aliphatic carbocycles. The van der Waals surface area contributed by atoms with Crippen LogP contribution in [0.25, 0.3) is 11.1 Å². The number of nitrogens with one attached hydrogen (secondary N) is 2. The molecule has 5 atom stereocenters. The highest BCUT2D eigenvalue weighted by Gasteiger charge is 2.36. The summed E-state index contributed by atoms with van der Waals surface area (Å²) in [6.45, 7) is 9.71. The number of hydrogen-bond donors (Lipinski definition) is 3. The number of carbonyl (C=O) groups is 11. The molecule has 5 unspecified atom stereocenters. The number of nitrogens with zero attached hydrogens (tertiary/aromatic N) is 7. The van der Waals surface area contributed by atoms with Crippen molar-refractivity contribution in [3.63, 3.8) is 0 Å². The number of amides is 11. The fourth-order valence-electron chi connectivity index (χ4n) is 10.9. The maximum Gasteiger partial charge on any atom is 0.261 e. The molecule has 0 spiro atoms. The van der Waals surface area contributed by atoms with E-state index in [0.29, 0.717) is 47.4 Å². The van der Waals surface area contributed by atoms with E-state index in [-0.39, 0.29) is 82.9 Å². The molecule has 11 amide bonds. The number of fused-ring (bicyclic) bond motifs is 2. The van der Waals surface area contributed by atoms with Crippen LogP contribution in [0.4, 0.5) is 5.69 Å². The lowest BCUT2D eigenvalue weighted by molar-refractivity contribution is -0.137. The molecular weight excluding hydrogens is 1130 g/mol. The Balaban J connectivity index is 0.000000164. The minimum Gasteiger partial charge on any atom is -0.494 e. The van der Waals surface area contributed by atoms with Crippen LogP contribution >= 0.6 is 0 Å². The molecule has 9 aliphatic rings. The number of pyridine rings is 1. The minimum atomic E-state index is -0.307. The molecule has 10 heterocycles. The Kier molecular flexibility index (Phi) is 24.6. The zero-order chi connectivity index (χ0) is 65.2. The standard InChI is InChI=1S/C12H11NO2.C11H9NO2.C11H13NO.C10H12N2O.C8H15N.C6H9NO2.C5H7NO2.C5H5NO2/c1-8-10(9-6-4-3-5-7-9)12(15)13(2)11(8)14;1-7-9(11(14)12-10(7)13)8-5-3-2-4-6-8;1-9-7-8-12(11(9)13)10-5-3-2-4-6-10;1-12-9(4-5-10(12)13)8-3-2-6-11-7-8;1-9-7-3-2-4-8(9)6-5-7;1-3-4(2)6(9)7-5(3)8;2*1-6-4(7)2-3-5(6)8/h3-7H,1-2H3;2-6H,1H3,(H,12,13,14);2-6,13H,7-8H2,1H3;2-3,6-7,9H,4-5H2,1H3;7-8H,2-6H2,1H3;3-4H,1-2H3,(H,7,8,9);2-3H2,1H3;2-3H,1H3. The molecule has 0 radical (unpaired) electrons. The summed E-state index contributed by atoms with van der Waals surface area (Å²) in [5, 5.41) is 14.2. The van der Waals surface area contributed by atoms with Crippen LogP contribution < -0.4 is 15.5 Å². The maximum atomic E-state index is 11.8. The van der Waals surface area contributed by atoms with E-state index in [1.165, 1.54) is 70.3 Å². The normalized spacial score (nSPS) is 22.5. The molecule has 3 N–H and O–H groups in total. The van der Waals surface area contributed by atoms with E-state index >= 15 is 0 Å². The summed E-state index contributed by atoms with van der Waals surface area (Å²) in [5.74, 6) is -1.56. The van der Waals surface area contributed by atoms with Crippen molar-refractivity contribution in [2.75, 3.05) is 46.7 Å². The molecule has 0 saturated carbocycles. The van der Waals surface area contributed by atoms with Gasteiger partial charge in [0.15, 0.2) is 5.88 Å². The van der Waals surface area contributed by atoms with Gasteiger partial charge in [0.25, 0.3) is 35.4 Å². The first-order chi connectivity index (χ1) is 42.3. The van der Waals surface area contributed by atoms with Crippen molar-refractivity contribution in [2.24, 2.45) is 11.8 Å². The number of aromatic nitrogens is 1. The highest BCUT2D eigenvalue weighted by Crippen LogP contribution is 2.34. The minimum absolute atomic E-state index is 0.0602. The second-order valence-electron chi connectivity index (χ2n) is 22.7. The topological polar surface area (TPSA) is 264 Å². The molecule has 4 aromatic rings. The Hall–Kier alpha value is -9.50. The number of carbonyl (C=O) groups excluding carboxylic acids is 11. The van der Waals surface area contributed by atoms with Gasteiger partial charge in [-0.1, -0.05) is 105 Å². The van der Waals surface area contributed by atoms with Crippen LogP contribution in [0.3, 0.4) is 0 Å². The van der Waals surface area contributed by atoms with Gasteiger partial charge in [0.05, 0.1) is 17.2 Å². The highest BCUT2D eigenvalue weighted by molar-refractivity contribution is 6.36. The lowest BCUT2D eigenvalue weighted by Crippen LogP contribution is -2.35. The van der Waals surface area contributed by atoms with Crippen molar-refractivity contribution in [1.82, 2.24) is 40.1 Å². The molecule has 5 fully saturated rings. The number of benzene rings is 3. The third kappa shape index (κ3) is 17.6. The smallest absolute Gasteiger partial charge is 0.261 e. The predicted molar refractivity (Wildman–Crippen MR) is 336 cm³/mol. The SMILES string of the molecule is CC1=C(O)N(c2ccccc2)CC1.CC1=C(c2ccccc2)C(=O)N(C)C1=O.CC1=C(c2ccccc2)C(=O)NC1=O.CC1C(=O)NC(=O)C1C.CN1C(=O)C=CC1=O.CN1C(=O)CCC1=O.CN1C(=O)CCC1c1cccnc1.CN1C2CCCC1CC2. The van der Waals surface area contributed by atoms with E-state index < -0.39 is 0 Å². The Labute approximate surface area is 520 Å². The van der Waals surface area contributed by atoms with Gasteiger partial charge in [-0.2, -0.15) is 0 Å². The number of likely N-dealkylation sites (tertiary alicyclic amines) is 2. The summed E-state index contributed by atoms with van der Waals surface area (Å²) in [5.41, 5.74) is 6.87. The zero-order valence-corrected chi connectivity index (χ0v) is 52.4. The van der Waals surface area contributed by atoms with Gasteiger partial charge in [-0.25, -0.2) is 0 Å². The first kappa shape index (κ1) is 68.6. The van der Waals surface area contributed by atoms with Crippen LogP contribution in [0, 0.1) is 11.8 Å². The van der Waals surface area contributed by atoms with Crippen molar-refractivity contribution in [3.8, 4) is 0 Å². The van der Waals surface area contributed by atoms with E-state index in [0.717, 1.165) is 69.2 Å². The maximum absolute atomic E-state index is 11.8.